The first-order valence-electron chi connectivity index (χ1n) is 4.75. The monoisotopic (exact) mass is 255 g/mol. The molecule has 6 nitrogen and oxygen atoms in total. The van der Waals surface area contributed by atoms with Crippen LogP contribution in [-0.2, 0) is 6.18 Å². The molecular weight excluding hydrogens is 251 g/mol. The van der Waals surface area contributed by atoms with Gasteiger partial charge in [-0.3, -0.25) is 4.40 Å². The number of hydrogen-bond donors (Lipinski definition) is 0. The molecule has 0 aromatic carbocycles. The van der Waals surface area contributed by atoms with Crippen LogP contribution in [0.25, 0.3) is 17.1 Å². The van der Waals surface area contributed by atoms with E-state index in [1.165, 1.54) is 23.0 Å². The molecule has 0 saturated carbocycles. The molecule has 3 aromatic rings. The average molecular weight is 255 g/mol. The van der Waals surface area contributed by atoms with Crippen molar-refractivity contribution in [3.05, 3.63) is 30.5 Å². The van der Waals surface area contributed by atoms with E-state index in [9.17, 15) is 13.2 Å². The summed E-state index contributed by atoms with van der Waals surface area (Å²) >= 11 is 0. The van der Waals surface area contributed by atoms with Gasteiger partial charge in [-0.1, -0.05) is 5.16 Å². The minimum absolute atomic E-state index is 0.210. The van der Waals surface area contributed by atoms with Gasteiger partial charge in [-0.05, 0) is 12.1 Å². The van der Waals surface area contributed by atoms with Crippen molar-refractivity contribution in [1.29, 1.82) is 0 Å². The third-order valence-electron chi connectivity index (χ3n) is 2.22. The van der Waals surface area contributed by atoms with Crippen molar-refractivity contribution in [2.45, 2.75) is 6.18 Å². The second-order valence-electron chi connectivity index (χ2n) is 3.44. The van der Waals surface area contributed by atoms with Gasteiger partial charge in [-0.25, -0.2) is 0 Å². The zero-order chi connectivity index (χ0) is 12.8. The van der Waals surface area contributed by atoms with Gasteiger partial charge in [-0.2, -0.15) is 18.2 Å². The van der Waals surface area contributed by atoms with E-state index in [0.29, 0.717) is 11.2 Å². The van der Waals surface area contributed by atoms with E-state index in [1.54, 1.807) is 6.07 Å². The minimum Gasteiger partial charge on any atom is -0.334 e. The highest BCUT2D eigenvalue weighted by Gasteiger charge is 2.37. The van der Waals surface area contributed by atoms with Crippen LogP contribution in [0.1, 0.15) is 5.82 Å². The minimum atomic E-state index is -4.62. The van der Waals surface area contributed by atoms with Crippen LogP contribution >= 0.6 is 0 Å². The van der Waals surface area contributed by atoms with Gasteiger partial charge in [0.05, 0.1) is 5.56 Å². The van der Waals surface area contributed by atoms with Gasteiger partial charge in [0.25, 0.3) is 11.7 Å². The number of aromatic nitrogens is 5. The summed E-state index contributed by atoms with van der Waals surface area (Å²) in [6, 6.07) is 3.11. The fraction of sp³-hybridized carbons (Fsp3) is 0.111. The fourth-order valence-electron chi connectivity index (χ4n) is 1.41. The summed E-state index contributed by atoms with van der Waals surface area (Å²) in [6.45, 7) is 0. The van der Waals surface area contributed by atoms with Crippen molar-refractivity contribution in [3.63, 3.8) is 0 Å². The van der Waals surface area contributed by atoms with E-state index >= 15 is 0 Å². The van der Waals surface area contributed by atoms with Gasteiger partial charge in [0.15, 0.2) is 5.65 Å². The van der Waals surface area contributed by atoms with E-state index in [0.717, 1.165) is 0 Å². The van der Waals surface area contributed by atoms with E-state index < -0.39 is 12.0 Å². The number of alkyl halides is 3. The Kier molecular flexibility index (Phi) is 2.09. The van der Waals surface area contributed by atoms with Crippen molar-refractivity contribution >= 4 is 5.65 Å². The quantitative estimate of drug-likeness (QED) is 0.663. The summed E-state index contributed by atoms with van der Waals surface area (Å²) in [4.78, 5) is 3.29. The van der Waals surface area contributed by atoms with Crippen LogP contribution in [0.3, 0.4) is 0 Å². The van der Waals surface area contributed by atoms with E-state index in [2.05, 4.69) is 24.9 Å². The van der Waals surface area contributed by atoms with Gasteiger partial charge >= 0.3 is 6.18 Å². The predicted molar refractivity (Wildman–Crippen MR) is 51.3 cm³/mol. The lowest BCUT2D eigenvalue weighted by atomic mass is 10.3. The van der Waals surface area contributed by atoms with Crippen LogP contribution in [-0.4, -0.2) is 24.7 Å². The Morgan fingerprint density at radius 2 is 2.06 bits per heavy atom. The molecule has 0 bridgehead atoms. The van der Waals surface area contributed by atoms with Crippen molar-refractivity contribution in [2.24, 2.45) is 0 Å². The van der Waals surface area contributed by atoms with Crippen LogP contribution in [0, 0.1) is 0 Å². The highest BCUT2D eigenvalue weighted by atomic mass is 19.4. The standard InChI is InChI=1S/C9H4F3N5O/c10-9(11,12)8-14-7(18-16-8)5-1-2-6-15-13-4-17(6)3-5/h1-4H. The molecule has 9 heteroatoms. The van der Waals surface area contributed by atoms with Crippen LogP contribution in [0.2, 0.25) is 0 Å². The second kappa shape index (κ2) is 3.52. The fourth-order valence-corrected chi connectivity index (χ4v) is 1.41. The molecule has 18 heavy (non-hydrogen) atoms. The lowest BCUT2D eigenvalue weighted by Crippen LogP contribution is -2.07. The number of hydrogen-bond acceptors (Lipinski definition) is 5. The third-order valence-corrected chi connectivity index (χ3v) is 2.22. The SMILES string of the molecule is FC(F)(F)c1noc(-c2ccc3nncn3c2)n1. The lowest BCUT2D eigenvalue weighted by molar-refractivity contribution is -0.146. The van der Waals surface area contributed by atoms with Crippen LogP contribution < -0.4 is 0 Å². The number of halogens is 3. The maximum atomic E-state index is 12.3. The zero-order valence-corrected chi connectivity index (χ0v) is 8.59. The van der Waals surface area contributed by atoms with Gasteiger partial charge in [0.1, 0.15) is 6.33 Å². The molecule has 3 rings (SSSR count). The Hall–Kier alpha value is -2.45. The van der Waals surface area contributed by atoms with Crippen molar-refractivity contribution in [1.82, 2.24) is 24.7 Å². The summed E-state index contributed by atoms with van der Waals surface area (Å²) in [7, 11) is 0. The molecule has 0 radical (unpaired) electrons. The topological polar surface area (TPSA) is 69.1 Å². The Morgan fingerprint density at radius 1 is 1.22 bits per heavy atom. The van der Waals surface area contributed by atoms with Gasteiger partial charge in [-0.15, -0.1) is 10.2 Å². The lowest BCUT2D eigenvalue weighted by Gasteiger charge is -1.97. The van der Waals surface area contributed by atoms with E-state index in [-0.39, 0.29) is 5.89 Å². The van der Waals surface area contributed by atoms with Gasteiger partial charge < -0.3 is 4.52 Å². The maximum absolute atomic E-state index is 12.3. The smallest absolute Gasteiger partial charge is 0.334 e. The first-order valence-corrected chi connectivity index (χ1v) is 4.75. The normalized spacial score (nSPS) is 12.2. The molecule has 0 amide bonds. The molecule has 0 atom stereocenters. The summed E-state index contributed by atoms with van der Waals surface area (Å²) < 4.78 is 43.0. The summed E-state index contributed by atoms with van der Waals surface area (Å²) in [6.07, 6.45) is -1.70. The number of nitrogens with zero attached hydrogens (tertiary/aromatic N) is 5. The Bertz CT molecular complexity index is 701. The molecule has 0 aliphatic rings. The number of fused-ring (bicyclic) bond motifs is 1. The van der Waals surface area contributed by atoms with Crippen LogP contribution in [0.5, 0.6) is 0 Å². The van der Waals surface area contributed by atoms with E-state index in [4.69, 9.17) is 0 Å². The molecule has 92 valence electrons. The molecule has 3 heterocycles. The number of rotatable bonds is 1. The molecule has 0 aliphatic carbocycles. The van der Waals surface area contributed by atoms with Crippen molar-refractivity contribution in [3.8, 4) is 11.5 Å². The molecule has 0 saturated heterocycles. The summed E-state index contributed by atoms with van der Waals surface area (Å²) in [5.74, 6) is -1.51. The highest BCUT2D eigenvalue weighted by molar-refractivity contribution is 5.55. The zero-order valence-electron chi connectivity index (χ0n) is 8.59. The number of pyridine rings is 1. The van der Waals surface area contributed by atoms with Crippen LogP contribution in [0.4, 0.5) is 13.2 Å². The molecule has 0 aliphatic heterocycles. The maximum Gasteiger partial charge on any atom is 0.455 e. The van der Waals surface area contributed by atoms with Gasteiger partial charge in [0.2, 0.25) is 0 Å². The van der Waals surface area contributed by atoms with Crippen molar-refractivity contribution < 1.29 is 17.7 Å². The first-order chi connectivity index (χ1) is 8.54. The summed E-state index contributed by atoms with van der Waals surface area (Å²) in [5.41, 5.74) is 0.916. The molecule has 0 spiro atoms. The Labute approximate surface area is 97.1 Å². The first kappa shape index (κ1) is 10.7. The Balaban J connectivity index is 2.06. The van der Waals surface area contributed by atoms with Crippen molar-refractivity contribution in [2.75, 3.05) is 0 Å². The van der Waals surface area contributed by atoms with Crippen LogP contribution in [0.15, 0.2) is 29.2 Å². The van der Waals surface area contributed by atoms with E-state index in [1.807, 2.05) is 0 Å². The Morgan fingerprint density at radius 3 is 2.78 bits per heavy atom. The second-order valence-corrected chi connectivity index (χ2v) is 3.44. The predicted octanol–water partition coefficient (Wildman–Crippen LogP) is 1.80. The molecule has 3 aromatic heterocycles. The summed E-state index contributed by atoms with van der Waals surface area (Å²) in [5, 5.41) is 10.3. The largest absolute Gasteiger partial charge is 0.455 e. The third kappa shape index (κ3) is 1.69. The molecular formula is C9H4F3N5O. The molecule has 0 N–H and O–H groups in total. The average Bonchev–Trinajstić information content (AvgIpc) is 2.96. The molecule has 0 unspecified atom stereocenters. The highest BCUT2D eigenvalue weighted by Crippen LogP contribution is 2.28. The molecule has 0 fully saturated rings. The van der Waals surface area contributed by atoms with Gasteiger partial charge in [0, 0.05) is 6.20 Å².